The van der Waals surface area contributed by atoms with Gasteiger partial charge in [-0.1, -0.05) is 0 Å². The SMILES string of the molecule is Cc1nc(NC(=O)N2CCC(Oc3cccnc3N3CCCC3)C2)oc1C. The predicted molar refractivity (Wildman–Crippen MR) is 101 cm³/mol. The van der Waals surface area contributed by atoms with E-state index in [4.69, 9.17) is 9.15 Å². The van der Waals surface area contributed by atoms with Gasteiger partial charge in [0.1, 0.15) is 11.9 Å². The Labute approximate surface area is 158 Å². The van der Waals surface area contributed by atoms with Crippen molar-refractivity contribution in [2.45, 2.75) is 39.2 Å². The maximum atomic E-state index is 12.4. The molecule has 2 amide bonds. The molecule has 1 unspecified atom stereocenters. The van der Waals surface area contributed by atoms with Crippen LogP contribution in [0.15, 0.2) is 22.7 Å². The second-order valence-electron chi connectivity index (χ2n) is 7.08. The summed E-state index contributed by atoms with van der Waals surface area (Å²) >= 11 is 0. The number of ether oxygens (including phenoxy) is 1. The van der Waals surface area contributed by atoms with Crippen molar-refractivity contribution in [3.8, 4) is 5.75 Å². The van der Waals surface area contributed by atoms with Crippen LogP contribution >= 0.6 is 0 Å². The van der Waals surface area contributed by atoms with Gasteiger partial charge in [-0.3, -0.25) is 5.32 Å². The van der Waals surface area contributed by atoms with E-state index in [0.29, 0.717) is 18.8 Å². The molecule has 0 saturated carbocycles. The van der Waals surface area contributed by atoms with E-state index in [2.05, 4.69) is 20.2 Å². The third-order valence-electron chi connectivity index (χ3n) is 5.12. The number of likely N-dealkylation sites (tertiary alicyclic amines) is 1. The number of nitrogens with zero attached hydrogens (tertiary/aromatic N) is 4. The lowest BCUT2D eigenvalue weighted by atomic mass is 10.3. The molecule has 2 aliphatic rings. The van der Waals surface area contributed by atoms with Crippen molar-refractivity contribution in [2.24, 2.45) is 0 Å². The van der Waals surface area contributed by atoms with Crippen molar-refractivity contribution >= 4 is 17.9 Å². The highest BCUT2D eigenvalue weighted by Crippen LogP contribution is 2.30. The van der Waals surface area contributed by atoms with Crippen LogP contribution in [0, 0.1) is 13.8 Å². The molecule has 1 atom stereocenters. The van der Waals surface area contributed by atoms with Crippen LogP contribution in [0.2, 0.25) is 0 Å². The van der Waals surface area contributed by atoms with E-state index >= 15 is 0 Å². The van der Waals surface area contributed by atoms with E-state index in [0.717, 1.165) is 36.8 Å². The third kappa shape index (κ3) is 3.84. The highest BCUT2D eigenvalue weighted by atomic mass is 16.5. The summed E-state index contributed by atoms with van der Waals surface area (Å²) in [4.78, 5) is 25.1. The Morgan fingerprint density at radius 2 is 2.11 bits per heavy atom. The quantitative estimate of drug-likeness (QED) is 0.890. The largest absolute Gasteiger partial charge is 0.485 e. The van der Waals surface area contributed by atoms with E-state index in [1.54, 1.807) is 11.1 Å². The summed E-state index contributed by atoms with van der Waals surface area (Å²) in [5.41, 5.74) is 0.777. The van der Waals surface area contributed by atoms with Crippen LogP contribution in [0.3, 0.4) is 0 Å². The maximum Gasteiger partial charge on any atom is 0.325 e. The number of urea groups is 1. The Hall–Kier alpha value is -2.77. The number of carbonyl (C=O) groups is 1. The molecule has 0 aromatic carbocycles. The number of aryl methyl sites for hydroxylation is 2. The van der Waals surface area contributed by atoms with Crippen LogP contribution in [-0.2, 0) is 0 Å². The molecule has 0 aliphatic carbocycles. The van der Waals surface area contributed by atoms with Crippen LogP contribution in [0.5, 0.6) is 5.75 Å². The summed E-state index contributed by atoms with van der Waals surface area (Å²) < 4.78 is 11.6. The van der Waals surface area contributed by atoms with Crippen molar-refractivity contribution in [1.82, 2.24) is 14.9 Å². The highest BCUT2D eigenvalue weighted by Gasteiger charge is 2.29. The van der Waals surface area contributed by atoms with Crippen molar-refractivity contribution in [3.05, 3.63) is 29.8 Å². The van der Waals surface area contributed by atoms with Crippen molar-refractivity contribution in [2.75, 3.05) is 36.4 Å². The molecule has 4 heterocycles. The molecule has 144 valence electrons. The minimum absolute atomic E-state index is 0.0469. The average Bonchev–Trinajstić information content (AvgIpc) is 3.38. The zero-order valence-electron chi connectivity index (χ0n) is 15.8. The molecular weight excluding hydrogens is 346 g/mol. The molecule has 2 aromatic heterocycles. The van der Waals surface area contributed by atoms with Gasteiger partial charge in [-0.05, 0) is 38.8 Å². The summed E-state index contributed by atoms with van der Waals surface area (Å²) in [5.74, 6) is 2.41. The number of oxazole rings is 1. The number of carbonyl (C=O) groups excluding carboxylic acids is 1. The zero-order valence-corrected chi connectivity index (χ0v) is 15.8. The fourth-order valence-electron chi connectivity index (χ4n) is 3.53. The summed E-state index contributed by atoms with van der Waals surface area (Å²) in [6.45, 7) is 6.86. The molecule has 1 N–H and O–H groups in total. The van der Waals surface area contributed by atoms with Gasteiger partial charge in [0.05, 0.1) is 12.2 Å². The molecule has 0 bridgehead atoms. The van der Waals surface area contributed by atoms with Gasteiger partial charge in [-0.15, -0.1) is 0 Å². The van der Waals surface area contributed by atoms with Gasteiger partial charge in [-0.2, -0.15) is 4.98 Å². The van der Waals surface area contributed by atoms with Crippen LogP contribution in [-0.4, -0.2) is 53.2 Å². The Kier molecular flexibility index (Phi) is 4.87. The first-order chi connectivity index (χ1) is 13.1. The molecule has 4 rings (SSSR count). The summed E-state index contributed by atoms with van der Waals surface area (Å²) in [5, 5.41) is 2.72. The maximum absolute atomic E-state index is 12.4. The number of aromatic nitrogens is 2. The number of nitrogens with one attached hydrogen (secondary N) is 1. The van der Waals surface area contributed by atoms with Gasteiger partial charge in [0.25, 0.3) is 0 Å². The monoisotopic (exact) mass is 371 g/mol. The van der Waals surface area contributed by atoms with E-state index in [9.17, 15) is 4.79 Å². The van der Waals surface area contributed by atoms with Gasteiger partial charge >= 0.3 is 12.0 Å². The number of amides is 2. The van der Waals surface area contributed by atoms with Crippen LogP contribution in [0.25, 0.3) is 0 Å². The van der Waals surface area contributed by atoms with E-state index in [1.807, 2.05) is 26.0 Å². The van der Waals surface area contributed by atoms with Crippen LogP contribution in [0.1, 0.15) is 30.7 Å². The van der Waals surface area contributed by atoms with E-state index in [-0.39, 0.29) is 18.1 Å². The normalized spacial score (nSPS) is 19.6. The molecular formula is C19H25N5O3. The summed E-state index contributed by atoms with van der Waals surface area (Å²) in [7, 11) is 0. The number of pyridine rings is 1. The Morgan fingerprint density at radius 3 is 2.85 bits per heavy atom. The van der Waals surface area contributed by atoms with E-state index < -0.39 is 0 Å². The van der Waals surface area contributed by atoms with Gasteiger partial charge in [0, 0.05) is 32.3 Å². The zero-order chi connectivity index (χ0) is 18.8. The topological polar surface area (TPSA) is 83.7 Å². The second-order valence-corrected chi connectivity index (χ2v) is 7.08. The summed E-state index contributed by atoms with van der Waals surface area (Å²) in [6, 6.07) is 3.87. The van der Waals surface area contributed by atoms with Crippen molar-refractivity contribution in [1.29, 1.82) is 0 Å². The number of hydrogen-bond acceptors (Lipinski definition) is 6. The first-order valence-electron chi connectivity index (χ1n) is 9.47. The number of hydrogen-bond donors (Lipinski definition) is 1. The van der Waals surface area contributed by atoms with Gasteiger partial charge < -0.3 is 19.0 Å². The third-order valence-corrected chi connectivity index (χ3v) is 5.12. The molecule has 2 aromatic rings. The first-order valence-corrected chi connectivity index (χ1v) is 9.47. The molecule has 2 fully saturated rings. The molecule has 0 spiro atoms. The molecule has 8 heteroatoms. The van der Waals surface area contributed by atoms with Crippen molar-refractivity contribution < 1.29 is 13.9 Å². The Morgan fingerprint density at radius 1 is 1.30 bits per heavy atom. The Balaban J connectivity index is 1.36. The van der Waals surface area contributed by atoms with Crippen LogP contribution in [0.4, 0.5) is 16.6 Å². The summed E-state index contributed by atoms with van der Waals surface area (Å²) in [6.07, 6.45) is 4.91. The predicted octanol–water partition coefficient (Wildman–Crippen LogP) is 2.97. The fourth-order valence-corrected chi connectivity index (χ4v) is 3.53. The lowest BCUT2D eigenvalue weighted by Gasteiger charge is -2.22. The molecule has 0 radical (unpaired) electrons. The van der Waals surface area contributed by atoms with Crippen molar-refractivity contribution in [3.63, 3.8) is 0 Å². The van der Waals surface area contributed by atoms with Crippen LogP contribution < -0.4 is 15.0 Å². The Bertz CT molecular complexity index is 796. The second kappa shape index (κ2) is 7.46. The molecule has 27 heavy (non-hydrogen) atoms. The lowest BCUT2D eigenvalue weighted by Crippen LogP contribution is -2.34. The minimum atomic E-state index is -0.215. The lowest BCUT2D eigenvalue weighted by molar-refractivity contribution is 0.194. The fraction of sp³-hybridized carbons (Fsp3) is 0.526. The molecule has 8 nitrogen and oxygen atoms in total. The molecule has 2 saturated heterocycles. The average molecular weight is 371 g/mol. The smallest absolute Gasteiger partial charge is 0.325 e. The minimum Gasteiger partial charge on any atom is -0.485 e. The van der Waals surface area contributed by atoms with Gasteiger partial charge in [-0.25, -0.2) is 9.78 Å². The standard InChI is InChI=1S/C19H25N5O3/c1-13-14(2)26-18(21-13)22-19(25)24-11-7-15(12-24)27-16-6-5-8-20-17(16)23-9-3-4-10-23/h5-6,8,15H,3-4,7,9-12H2,1-2H3,(H,21,22,25). The first kappa shape index (κ1) is 17.6. The van der Waals surface area contributed by atoms with Gasteiger partial charge in [0.15, 0.2) is 11.6 Å². The number of rotatable bonds is 4. The number of anilines is 2. The van der Waals surface area contributed by atoms with E-state index in [1.165, 1.54) is 12.8 Å². The highest BCUT2D eigenvalue weighted by molar-refractivity contribution is 5.87. The van der Waals surface area contributed by atoms with Gasteiger partial charge in [0.2, 0.25) is 0 Å². The molecule has 2 aliphatic heterocycles.